The number of hydrogen-bond acceptors (Lipinski definition) is 2. The average molecular weight is 399 g/mol. The van der Waals surface area contributed by atoms with Crippen LogP contribution in [0, 0.1) is 0 Å². The topological polar surface area (TPSA) is 37.0 Å². The fraction of sp³-hybridized carbons (Fsp3) is 0.333. The van der Waals surface area contributed by atoms with E-state index in [9.17, 15) is 0 Å². The number of H-pyrrole nitrogens is 1. The van der Waals surface area contributed by atoms with Crippen LogP contribution in [0.5, 0.6) is 5.75 Å². The van der Waals surface area contributed by atoms with Crippen molar-refractivity contribution in [2.45, 2.75) is 32.7 Å². The summed E-state index contributed by atoms with van der Waals surface area (Å²) in [5.41, 5.74) is 6.65. The van der Waals surface area contributed by atoms with Gasteiger partial charge >= 0.3 is 0 Å². The molecule has 0 bridgehead atoms. The summed E-state index contributed by atoms with van der Waals surface area (Å²) in [6.45, 7) is 5.93. The van der Waals surface area contributed by atoms with E-state index in [0.29, 0.717) is 6.61 Å². The monoisotopic (exact) mass is 398 g/mol. The Balaban J connectivity index is 1.82. The van der Waals surface area contributed by atoms with Crippen molar-refractivity contribution in [1.82, 2.24) is 10.3 Å². The lowest BCUT2D eigenvalue weighted by atomic mass is 9.90. The first kappa shape index (κ1) is 16.7. The molecule has 0 saturated carbocycles. The van der Waals surface area contributed by atoms with Gasteiger partial charge in [0.25, 0.3) is 0 Å². The summed E-state index contributed by atoms with van der Waals surface area (Å²) in [6, 6.07) is 13.2. The fourth-order valence-electron chi connectivity index (χ4n) is 3.89. The molecule has 1 unspecified atom stereocenters. The van der Waals surface area contributed by atoms with Gasteiger partial charge in [-0.2, -0.15) is 0 Å². The van der Waals surface area contributed by atoms with Crippen molar-refractivity contribution in [3.63, 3.8) is 0 Å². The third kappa shape index (κ3) is 2.98. The Kier molecular flexibility index (Phi) is 4.57. The van der Waals surface area contributed by atoms with E-state index in [2.05, 4.69) is 69.6 Å². The van der Waals surface area contributed by atoms with Crippen molar-refractivity contribution in [1.29, 1.82) is 0 Å². The molecule has 1 aromatic heterocycles. The fourth-order valence-corrected chi connectivity index (χ4v) is 4.25. The van der Waals surface area contributed by atoms with Gasteiger partial charge in [0.1, 0.15) is 5.75 Å². The molecule has 3 nitrogen and oxygen atoms in total. The zero-order chi connectivity index (χ0) is 17.4. The van der Waals surface area contributed by atoms with E-state index >= 15 is 0 Å². The van der Waals surface area contributed by atoms with E-state index in [1.807, 2.05) is 6.92 Å². The number of hydrogen-bond donors (Lipinski definition) is 2. The van der Waals surface area contributed by atoms with Crippen molar-refractivity contribution < 1.29 is 4.74 Å². The van der Waals surface area contributed by atoms with Gasteiger partial charge in [0.05, 0.1) is 12.6 Å². The summed E-state index contributed by atoms with van der Waals surface area (Å²) < 4.78 is 6.82. The van der Waals surface area contributed by atoms with Crippen LogP contribution >= 0.6 is 15.9 Å². The largest absolute Gasteiger partial charge is 0.494 e. The number of rotatable bonds is 4. The maximum absolute atomic E-state index is 5.69. The van der Waals surface area contributed by atoms with Crippen LogP contribution in [-0.4, -0.2) is 18.1 Å². The van der Waals surface area contributed by atoms with E-state index in [0.717, 1.165) is 29.6 Å². The first-order valence-electron chi connectivity index (χ1n) is 9.00. The predicted octanol–water partition coefficient (Wildman–Crippen LogP) is 5.13. The average Bonchev–Trinajstić information content (AvgIpc) is 3.00. The molecule has 0 aliphatic carbocycles. The number of fused-ring (bicyclic) bond motifs is 3. The second-order valence-electron chi connectivity index (χ2n) is 6.49. The minimum Gasteiger partial charge on any atom is -0.494 e. The summed E-state index contributed by atoms with van der Waals surface area (Å²) in [7, 11) is 0. The van der Waals surface area contributed by atoms with Crippen LogP contribution < -0.4 is 10.1 Å². The van der Waals surface area contributed by atoms with Crippen LogP contribution in [0.1, 0.15) is 42.3 Å². The first-order valence-corrected chi connectivity index (χ1v) is 9.79. The Hall–Kier alpha value is -1.78. The van der Waals surface area contributed by atoms with Crippen LogP contribution in [-0.2, 0) is 12.8 Å². The Morgan fingerprint density at radius 1 is 1.16 bits per heavy atom. The van der Waals surface area contributed by atoms with Crippen LogP contribution in [0.25, 0.3) is 10.9 Å². The lowest BCUT2D eigenvalue weighted by Gasteiger charge is -2.27. The van der Waals surface area contributed by atoms with Crippen LogP contribution in [0.3, 0.4) is 0 Å². The van der Waals surface area contributed by atoms with Gasteiger partial charge in [-0.05, 0) is 66.8 Å². The van der Waals surface area contributed by atoms with Crippen molar-refractivity contribution in [3.05, 3.63) is 63.3 Å². The SMILES string of the molecule is CCOc1ccc(C2NCCc3c2[nH]c2ccc(Br)cc32)c(CC)c1. The molecule has 1 aliphatic rings. The molecule has 1 atom stereocenters. The summed E-state index contributed by atoms with van der Waals surface area (Å²) in [5.74, 6) is 0.958. The summed E-state index contributed by atoms with van der Waals surface area (Å²) in [6.07, 6.45) is 2.05. The molecule has 0 spiro atoms. The number of benzene rings is 2. The maximum Gasteiger partial charge on any atom is 0.119 e. The van der Waals surface area contributed by atoms with Gasteiger partial charge in [0.15, 0.2) is 0 Å². The number of nitrogens with one attached hydrogen (secondary N) is 2. The Labute approximate surface area is 156 Å². The highest BCUT2D eigenvalue weighted by molar-refractivity contribution is 9.10. The normalized spacial score (nSPS) is 16.8. The van der Waals surface area contributed by atoms with Gasteiger partial charge in [-0.3, -0.25) is 0 Å². The van der Waals surface area contributed by atoms with Gasteiger partial charge in [0.2, 0.25) is 0 Å². The van der Waals surface area contributed by atoms with Gasteiger partial charge in [0, 0.05) is 27.6 Å². The summed E-state index contributed by atoms with van der Waals surface area (Å²) in [4.78, 5) is 3.67. The third-order valence-corrected chi connectivity index (χ3v) is 5.52. The van der Waals surface area contributed by atoms with E-state index in [1.165, 1.54) is 33.3 Å². The van der Waals surface area contributed by atoms with Crippen LogP contribution in [0.15, 0.2) is 40.9 Å². The molecule has 4 heteroatoms. The highest BCUT2D eigenvalue weighted by Crippen LogP contribution is 2.36. The van der Waals surface area contributed by atoms with E-state index < -0.39 is 0 Å². The van der Waals surface area contributed by atoms with Crippen molar-refractivity contribution in [2.24, 2.45) is 0 Å². The molecule has 2 N–H and O–H groups in total. The van der Waals surface area contributed by atoms with Gasteiger partial charge in [-0.15, -0.1) is 0 Å². The Morgan fingerprint density at radius 3 is 2.84 bits per heavy atom. The highest BCUT2D eigenvalue weighted by Gasteiger charge is 2.26. The summed E-state index contributed by atoms with van der Waals surface area (Å²) >= 11 is 3.61. The number of ether oxygens (including phenoxy) is 1. The lowest BCUT2D eigenvalue weighted by Crippen LogP contribution is -2.31. The molecular weight excluding hydrogens is 376 g/mol. The lowest BCUT2D eigenvalue weighted by molar-refractivity contribution is 0.339. The van der Waals surface area contributed by atoms with Crippen molar-refractivity contribution in [3.8, 4) is 5.75 Å². The second-order valence-corrected chi connectivity index (χ2v) is 7.41. The number of aromatic amines is 1. The Bertz CT molecular complexity index is 916. The predicted molar refractivity (Wildman–Crippen MR) is 107 cm³/mol. The molecule has 2 heterocycles. The molecule has 0 radical (unpaired) electrons. The second kappa shape index (κ2) is 6.85. The minimum atomic E-state index is 0.209. The van der Waals surface area contributed by atoms with Crippen LogP contribution in [0.4, 0.5) is 0 Å². The third-order valence-electron chi connectivity index (χ3n) is 5.03. The van der Waals surface area contributed by atoms with Crippen molar-refractivity contribution in [2.75, 3.05) is 13.2 Å². The zero-order valence-electron chi connectivity index (χ0n) is 14.7. The molecule has 25 heavy (non-hydrogen) atoms. The number of aromatic nitrogens is 1. The first-order chi connectivity index (χ1) is 12.2. The van der Waals surface area contributed by atoms with Gasteiger partial charge < -0.3 is 15.0 Å². The maximum atomic E-state index is 5.69. The standard InChI is InChI=1S/C21H23BrN2O/c1-3-13-11-15(25-4-2)6-7-16(13)20-21-17(9-10-23-20)18-12-14(22)5-8-19(18)24-21/h5-8,11-12,20,23-24H,3-4,9-10H2,1-2H3. The zero-order valence-corrected chi connectivity index (χ0v) is 16.2. The molecule has 1 aliphatic heterocycles. The highest BCUT2D eigenvalue weighted by atomic mass is 79.9. The van der Waals surface area contributed by atoms with E-state index in [4.69, 9.17) is 4.74 Å². The summed E-state index contributed by atoms with van der Waals surface area (Å²) in [5, 5.41) is 5.04. The smallest absolute Gasteiger partial charge is 0.119 e. The number of halogens is 1. The molecule has 3 aromatic rings. The van der Waals surface area contributed by atoms with E-state index in [-0.39, 0.29) is 6.04 Å². The van der Waals surface area contributed by atoms with Gasteiger partial charge in [-0.1, -0.05) is 28.9 Å². The number of aryl methyl sites for hydroxylation is 1. The quantitative estimate of drug-likeness (QED) is 0.639. The van der Waals surface area contributed by atoms with Crippen molar-refractivity contribution >= 4 is 26.8 Å². The molecule has 0 saturated heterocycles. The molecule has 0 fully saturated rings. The molecule has 2 aromatic carbocycles. The van der Waals surface area contributed by atoms with E-state index in [1.54, 1.807) is 0 Å². The molecular formula is C21H23BrN2O. The molecule has 130 valence electrons. The van der Waals surface area contributed by atoms with Crippen LogP contribution in [0.2, 0.25) is 0 Å². The minimum absolute atomic E-state index is 0.209. The Morgan fingerprint density at radius 2 is 2.04 bits per heavy atom. The van der Waals surface area contributed by atoms with Gasteiger partial charge in [-0.25, -0.2) is 0 Å². The molecule has 0 amide bonds. The molecule has 4 rings (SSSR count).